The lowest BCUT2D eigenvalue weighted by atomic mass is 10.0. The molecule has 0 aliphatic carbocycles. The molecule has 4 nitrogen and oxygen atoms in total. The highest BCUT2D eigenvalue weighted by atomic mass is 35.5. The highest BCUT2D eigenvalue weighted by Gasteiger charge is 2.36. The third kappa shape index (κ3) is 5.36. The normalized spacial score (nSPS) is 11.3. The quantitative estimate of drug-likeness (QED) is 0.597. The van der Waals surface area contributed by atoms with Crippen LogP contribution in [0.2, 0.25) is 5.02 Å². The second-order valence-corrected chi connectivity index (χ2v) is 5.95. The number of anilines is 1. The number of hydrogen-bond acceptors (Lipinski definition) is 3. The zero-order chi connectivity index (χ0) is 19.2. The van der Waals surface area contributed by atoms with Crippen LogP contribution < -0.4 is 4.90 Å². The van der Waals surface area contributed by atoms with Crippen molar-refractivity contribution in [1.29, 1.82) is 0 Å². The van der Waals surface area contributed by atoms with E-state index in [4.69, 9.17) is 16.3 Å². The summed E-state index contributed by atoms with van der Waals surface area (Å²) in [5, 5.41) is 0.353. The Hall–Kier alpha value is -2.28. The maximum atomic E-state index is 13.1. The van der Waals surface area contributed by atoms with Gasteiger partial charge in [-0.15, -0.1) is 0 Å². The fourth-order valence-corrected chi connectivity index (χ4v) is 2.56. The zero-order valence-corrected chi connectivity index (χ0v) is 14.8. The molecule has 0 unspecified atom stereocenters. The fraction of sp³-hybridized carbons (Fsp3) is 0.333. The number of unbranched alkanes of at least 4 members (excludes halogenated alkanes) is 1. The average Bonchev–Trinajstić information content (AvgIpc) is 2.59. The molecule has 0 N–H and O–H groups in total. The molecule has 0 aliphatic heterocycles. The van der Waals surface area contributed by atoms with E-state index in [1.807, 2.05) is 6.92 Å². The summed E-state index contributed by atoms with van der Waals surface area (Å²) in [6.07, 6.45) is -1.73. The van der Waals surface area contributed by atoms with Gasteiger partial charge in [0.25, 0.3) is 0 Å². The van der Waals surface area contributed by atoms with Crippen molar-refractivity contribution in [3.8, 4) is 11.1 Å². The molecule has 0 atom stereocenters. The van der Waals surface area contributed by atoms with Crippen LogP contribution in [0, 0.1) is 0 Å². The minimum atomic E-state index is -4.60. The summed E-state index contributed by atoms with van der Waals surface area (Å²) in [5.74, 6) is 0. The average molecular weight is 387 g/mol. The predicted octanol–water partition coefficient (Wildman–Crippen LogP) is 5.71. The topological polar surface area (TPSA) is 42.4 Å². The van der Waals surface area contributed by atoms with Gasteiger partial charge in [0.05, 0.1) is 18.5 Å². The fourth-order valence-electron chi connectivity index (χ4n) is 2.32. The second-order valence-electron chi connectivity index (χ2n) is 5.54. The van der Waals surface area contributed by atoms with Gasteiger partial charge < -0.3 is 4.74 Å². The summed E-state index contributed by atoms with van der Waals surface area (Å²) in [6.45, 7) is 0.449. The van der Waals surface area contributed by atoms with Crippen LogP contribution in [-0.2, 0) is 4.74 Å². The number of amides is 1. The van der Waals surface area contributed by atoms with Gasteiger partial charge in [-0.1, -0.05) is 43.1 Å². The van der Waals surface area contributed by atoms with Gasteiger partial charge in [-0.2, -0.15) is 13.2 Å². The molecule has 0 saturated heterocycles. The van der Waals surface area contributed by atoms with Gasteiger partial charge in [0.1, 0.15) is 6.54 Å². The van der Waals surface area contributed by atoms with Gasteiger partial charge in [0.2, 0.25) is 0 Å². The minimum absolute atomic E-state index is 0.0144. The van der Waals surface area contributed by atoms with Gasteiger partial charge in [-0.3, -0.25) is 9.88 Å². The van der Waals surface area contributed by atoms with E-state index in [9.17, 15) is 18.0 Å². The molecule has 0 spiro atoms. The van der Waals surface area contributed by atoms with Crippen molar-refractivity contribution in [2.24, 2.45) is 0 Å². The number of rotatable bonds is 6. The molecule has 1 heterocycles. The molecule has 1 amide bonds. The molecule has 0 saturated carbocycles. The summed E-state index contributed by atoms with van der Waals surface area (Å²) >= 11 is 6.17. The molecule has 2 rings (SSSR count). The molecule has 1 aromatic carbocycles. The number of aromatic nitrogens is 1. The SMILES string of the molecule is CCCCOC(=O)N(CC(F)(F)F)c1cnccc1-c1ccccc1Cl. The van der Waals surface area contributed by atoms with Crippen LogP contribution in [0.1, 0.15) is 19.8 Å². The highest BCUT2D eigenvalue weighted by molar-refractivity contribution is 6.33. The van der Waals surface area contributed by atoms with Crippen molar-refractivity contribution >= 4 is 23.4 Å². The Labute approximate surface area is 154 Å². The first kappa shape index (κ1) is 20.0. The third-order valence-electron chi connectivity index (χ3n) is 3.54. The maximum Gasteiger partial charge on any atom is 0.414 e. The summed E-state index contributed by atoms with van der Waals surface area (Å²) < 4.78 is 44.2. The number of hydrogen-bond donors (Lipinski definition) is 0. The number of benzene rings is 1. The van der Waals surface area contributed by atoms with Gasteiger partial charge >= 0.3 is 12.3 Å². The molecule has 0 aliphatic rings. The van der Waals surface area contributed by atoms with Crippen molar-refractivity contribution in [1.82, 2.24) is 4.98 Å². The molecule has 140 valence electrons. The van der Waals surface area contributed by atoms with Crippen molar-refractivity contribution < 1.29 is 22.7 Å². The Morgan fingerprint density at radius 1 is 1.23 bits per heavy atom. The van der Waals surface area contributed by atoms with Crippen molar-refractivity contribution in [3.63, 3.8) is 0 Å². The Bertz CT molecular complexity index is 753. The van der Waals surface area contributed by atoms with Crippen LogP contribution in [-0.4, -0.2) is 30.4 Å². The summed E-state index contributed by atoms with van der Waals surface area (Å²) in [4.78, 5) is 16.7. The Morgan fingerprint density at radius 3 is 2.62 bits per heavy atom. The first-order valence-electron chi connectivity index (χ1n) is 8.03. The second kappa shape index (κ2) is 8.89. The molecule has 8 heteroatoms. The number of ether oxygens (including phenoxy) is 1. The van der Waals surface area contributed by atoms with Gasteiger partial charge in [0.15, 0.2) is 0 Å². The smallest absolute Gasteiger partial charge is 0.414 e. The highest BCUT2D eigenvalue weighted by Crippen LogP contribution is 2.36. The van der Waals surface area contributed by atoms with Gasteiger partial charge in [-0.05, 0) is 18.6 Å². The lowest BCUT2D eigenvalue weighted by Crippen LogP contribution is -2.40. The van der Waals surface area contributed by atoms with E-state index >= 15 is 0 Å². The molecular weight excluding hydrogens is 369 g/mol. The molecule has 2 aromatic rings. The van der Waals surface area contributed by atoms with E-state index in [0.717, 1.165) is 6.42 Å². The number of carbonyl (C=O) groups is 1. The number of pyridine rings is 1. The van der Waals surface area contributed by atoms with E-state index in [1.165, 1.54) is 18.5 Å². The molecule has 0 radical (unpaired) electrons. The van der Waals surface area contributed by atoms with E-state index in [1.54, 1.807) is 24.3 Å². The van der Waals surface area contributed by atoms with E-state index < -0.39 is 18.8 Å². The van der Waals surface area contributed by atoms with Crippen molar-refractivity contribution in [3.05, 3.63) is 47.7 Å². The number of carbonyl (C=O) groups excluding carboxylic acids is 1. The van der Waals surface area contributed by atoms with Crippen LogP contribution in [0.3, 0.4) is 0 Å². The van der Waals surface area contributed by atoms with E-state index in [-0.39, 0.29) is 12.3 Å². The predicted molar refractivity (Wildman–Crippen MR) is 94.3 cm³/mol. The zero-order valence-electron chi connectivity index (χ0n) is 14.1. The Kier molecular flexibility index (Phi) is 6.85. The molecule has 26 heavy (non-hydrogen) atoms. The minimum Gasteiger partial charge on any atom is -0.449 e. The van der Waals surface area contributed by atoms with Crippen molar-refractivity contribution in [2.75, 3.05) is 18.1 Å². The Balaban J connectivity index is 2.45. The summed E-state index contributed by atoms with van der Waals surface area (Å²) in [7, 11) is 0. The first-order chi connectivity index (χ1) is 12.3. The van der Waals surface area contributed by atoms with Crippen molar-refractivity contribution in [2.45, 2.75) is 25.9 Å². The number of nitrogens with zero attached hydrogens (tertiary/aromatic N) is 2. The molecule has 0 fully saturated rings. The van der Waals surface area contributed by atoms with E-state index in [0.29, 0.717) is 27.5 Å². The van der Waals surface area contributed by atoms with E-state index in [2.05, 4.69) is 4.98 Å². The van der Waals surface area contributed by atoms with Crippen LogP contribution in [0.15, 0.2) is 42.7 Å². The Morgan fingerprint density at radius 2 is 1.96 bits per heavy atom. The lowest BCUT2D eigenvalue weighted by molar-refractivity contribution is -0.119. The van der Waals surface area contributed by atoms with Gasteiger partial charge in [-0.25, -0.2) is 4.79 Å². The third-order valence-corrected chi connectivity index (χ3v) is 3.87. The van der Waals surface area contributed by atoms with Crippen LogP contribution in [0.5, 0.6) is 0 Å². The van der Waals surface area contributed by atoms with Gasteiger partial charge in [0, 0.05) is 22.3 Å². The molecular formula is C18H18ClF3N2O2. The molecule has 1 aromatic heterocycles. The lowest BCUT2D eigenvalue weighted by Gasteiger charge is -2.25. The number of halogens is 4. The summed E-state index contributed by atoms with van der Waals surface area (Å²) in [5.41, 5.74) is 0.849. The standard InChI is InChI=1S/C18H18ClF3N2O2/c1-2-3-10-26-17(25)24(12-18(20,21)22)16-11-23-9-8-14(16)13-6-4-5-7-15(13)19/h4-9,11H,2-3,10,12H2,1H3. The maximum absolute atomic E-state index is 13.1. The number of alkyl halides is 3. The largest absolute Gasteiger partial charge is 0.449 e. The van der Waals surface area contributed by atoms with Crippen LogP contribution in [0.4, 0.5) is 23.7 Å². The van der Waals surface area contributed by atoms with Crippen LogP contribution >= 0.6 is 11.6 Å². The first-order valence-corrected chi connectivity index (χ1v) is 8.41. The summed E-state index contributed by atoms with van der Waals surface area (Å²) in [6, 6.07) is 8.21. The monoisotopic (exact) mass is 386 g/mol. The van der Waals surface area contributed by atoms with Crippen LogP contribution in [0.25, 0.3) is 11.1 Å². The molecule has 0 bridgehead atoms.